The average molecular weight is 469 g/mol. The number of benzene rings is 1. The van der Waals surface area contributed by atoms with Crippen LogP contribution in [0, 0.1) is 6.92 Å². The third kappa shape index (κ3) is 4.11. The summed E-state index contributed by atoms with van der Waals surface area (Å²) in [6.07, 6.45) is -3.06. The molecule has 0 saturated carbocycles. The van der Waals surface area contributed by atoms with Gasteiger partial charge in [-0.3, -0.25) is 4.98 Å². The van der Waals surface area contributed by atoms with Crippen molar-refractivity contribution in [3.8, 4) is 10.6 Å². The second-order valence-corrected chi connectivity index (χ2v) is 7.83. The molecule has 7 nitrogen and oxygen atoms in total. The molecule has 0 aliphatic rings. The predicted molar refractivity (Wildman–Crippen MR) is 110 cm³/mol. The summed E-state index contributed by atoms with van der Waals surface area (Å²) in [5.74, 6) is 0. The molecule has 0 unspecified atom stereocenters. The molecule has 0 aliphatic carbocycles. The number of nitrogens with zero attached hydrogens (tertiary/aromatic N) is 3. The van der Waals surface area contributed by atoms with Gasteiger partial charge in [0, 0.05) is 17.1 Å². The van der Waals surface area contributed by atoms with E-state index in [4.69, 9.17) is 16.0 Å². The molecule has 0 saturated heterocycles. The van der Waals surface area contributed by atoms with Gasteiger partial charge in [0.25, 0.3) is 0 Å². The number of hydrogen-bond acceptors (Lipinski definition) is 8. The van der Waals surface area contributed by atoms with Crippen LogP contribution in [0.25, 0.3) is 21.5 Å². The molecule has 4 aromatic rings. The lowest BCUT2D eigenvalue weighted by Gasteiger charge is -2.10. The zero-order valence-electron chi connectivity index (χ0n) is 15.6. The molecular formula is C19H12ClF3N4O3S. The second-order valence-electron chi connectivity index (χ2n) is 6.45. The summed E-state index contributed by atoms with van der Waals surface area (Å²) in [6, 6.07) is 4.37. The van der Waals surface area contributed by atoms with Gasteiger partial charge in [0.05, 0.1) is 34.1 Å². The topological polar surface area (TPSA) is 101 Å². The lowest BCUT2D eigenvalue weighted by molar-refractivity contribution is -0.137. The van der Waals surface area contributed by atoms with Crippen molar-refractivity contribution < 1.29 is 22.7 Å². The first-order valence-corrected chi connectivity index (χ1v) is 9.87. The molecule has 0 bridgehead atoms. The molecule has 160 valence electrons. The normalized spacial score (nSPS) is 11.8. The highest BCUT2D eigenvalue weighted by Crippen LogP contribution is 2.36. The molecule has 0 amide bonds. The number of aliphatic hydroxyl groups excluding tert-OH is 1. The molecule has 0 radical (unpaired) electrons. The monoisotopic (exact) mass is 468 g/mol. The molecule has 31 heavy (non-hydrogen) atoms. The molecular weight excluding hydrogens is 457 g/mol. The smallest absolute Gasteiger partial charge is 0.416 e. The molecule has 1 aromatic carbocycles. The minimum Gasteiger partial charge on any atom is -0.420 e. The number of rotatable bonds is 4. The lowest BCUT2D eigenvalue weighted by Crippen LogP contribution is -2.05. The number of halogens is 4. The highest BCUT2D eigenvalue weighted by molar-refractivity contribution is 7.18. The standard InChI is InChI=1S/C19H12ClF3N4O3S/c1-8-15-11(9(7-28)6-24-8)5-12(17(29)30-15)16-26-27-18(31-16)25-14-4-10(19(21,22)23)2-3-13(14)20/h2-6,28H,7H2,1H3,(H,25,27). The van der Waals surface area contributed by atoms with Crippen molar-refractivity contribution in [2.75, 3.05) is 5.32 Å². The number of pyridine rings is 1. The van der Waals surface area contributed by atoms with Gasteiger partial charge in [-0.25, -0.2) is 4.79 Å². The van der Waals surface area contributed by atoms with Gasteiger partial charge in [-0.05, 0) is 31.2 Å². The molecule has 3 aromatic heterocycles. The van der Waals surface area contributed by atoms with Crippen molar-refractivity contribution in [1.29, 1.82) is 0 Å². The van der Waals surface area contributed by atoms with E-state index in [1.807, 2.05) is 0 Å². The van der Waals surface area contributed by atoms with E-state index in [1.54, 1.807) is 6.92 Å². The maximum atomic E-state index is 13.0. The first-order valence-electron chi connectivity index (χ1n) is 8.68. The highest BCUT2D eigenvalue weighted by atomic mass is 35.5. The molecule has 4 rings (SSSR count). The van der Waals surface area contributed by atoms with Crippen LogP contribution in [-0.2, 0) is 12.8 Å². The predicted octanol–water partition coefficient (Wildman–Crippen LogP) is 4.92. The van der Waals surface area contributed by atoms with E-state index in [-0.39, 0.29) is 38.6 Å². The van der Waals surface area contributed by atoms with Crippen LogP contribution in [0.4, 0.5) is 24.0 Å². The van der Waals surface area contributed by atoms with Gasteiger partial charge in [-0.1, -0.05) is 22.9 Å². The first kappa shape index (κ1) is 21.2. The Labute approximate surface area is 181 Å². The van der Waals surface area contributed by atoms with E-state index in [0.717, 1.165) is 29.5 Å². The van der Waals surface area contributed by atoms with E-state index in [9.17, 15) is 23.1 Å². The summed E-state index contributed by atoms with van der Waals surface area (Å²) in [5.41, 5.74) is -0.285. The van der Waals surface area contributed by atoms with Crippen LogP contribution in [0.15, 0.2) is 39.7 Å². The number of anilines is 2. The number of alkyl halides is 3. The van der Waals surface area contributed by atoms with Crippen LogP contribution in [0.1, 0.15) is 16.8 Å². The second kappa shape index (κ2) is 7.91. The van der Waals surface area contributed by atoms with E-state index < -0.39 is 17.4 Å². The van der Waals surface area contributed by atoms with E-state index in [2.05, 4.69) is 20.5 Å². The molecule has 0 aliphatic heterocycles. The van der Waals surface area contributed by atoms with Crippen LogP contribution in [0.2, 0.25) is 5.02 Å². The Balaban J connectivity index is 1.72. The highest BCUT2D eigenvalue weighted by Gasteiger charge is 2.31. The van der Waals surface area contributed by atoms with Crippen LogP contribution in [0.5, 0.6) is 0 Å². The third-order valence-corrected chi connectivity index (χ3v) is 5.60. The van der Waals surface area contributed by atoms with Crippen molar-refractivity contribution in [3.05, 3.63) is 62.7 Å². The fraction of sp³-hybridized carbons (Fsp3) is 0.158. The summed E-state index contributed by atoms with van der Waals surface area (Å²) in [7, 11) is 0. The minimum absolute atomic E-state index is 0.00555. The summed E-state index contributed by atoms with van der Waals surface area (Å²) < 4.78 is 44.3. The zero-order valence-corrected chi connectivity index (χ0v) is 17.2. The number of fused-ring (bicyclic) bond motifs is 1. The fourth-order valence-corrected chi connectivity index (χ4v) is 3.78. The van der Waals surface area contributed by atoms with Crippen LogP contribution in [0.3, 0.4) is 0 Å². The number of aromatic nitrogens is 3. The van der Waals surface area contributed by atoms with Crippen LogP contribution >= 0.6 is 22.9 Å². The van der Waals surface area contributed by atoms with Gasteiger partial charge in [0.15, 0.2) is 10.6 Å². The van der Waals surface area contributed by atoms with Gasteiger partial charge in [-0.2, -0.15) is 13.2 Å². The SMILES string of the molecule is Cc1ncc(CO)c2cc(-c3nnc(Nc4cc(C(F)(F)F)ccc4Cl)s3)c(=O)oc12. The van der Waals surface area contributed by atoms with Crippen molar-refractivity contribution in [3.63, 3.8) is 0 Å². The fourth-order valence-electron chi connectivity index (χ4n) is 2.85. The summed E-state index contributed by atoms with van der Waals surface area (Å²) in [5, 5.41) is 20.9. The molecule has 2 N–H and O–H groups in total. The van der Waals surface area contributed by atoms with E-state index >= 15 is 0 Å². The maximum Gasteiger partial charge on any atom is 0.416 e. The Morgan fingerprint density at radius 2 is 2.03 bits per heavy atom. The Hall–Kier alpha value is -3.02. The van der Waals surface area contributed by atoms with Gasteiger partial charge >= 0.3 is 11.8 Å². The van der Waals surface area contributed by atoms with Crippen molar-refractivity contribution in [2.24, 2.45) is 0 Å². The van der Waals surface area contributed by atoms with E-state index in [0.29, 0.717) is 16.6 Å². The number of aliphatic hydroxyl groups is 1. The third-order valence-electron chi connectivity index (χ3n) is 4.40. The van der Waals surface area contributed by atoms with Gasteiger partial charge in [0.1, 0.15) is 0 Å². The van der Waals surface area contributed by atoms with Crippen LogP contribution < -0.4 is 10.9 Å². The van der Waals surface area contributed by atoms with Crippen molar-refractivity contribution >= 4 is 44.7 Å². The van der Waals surface area contributed by atoms with Gasteiger partial charge in [-0.15, -0.1) is 10.2 Å². The molecule has 12 heteroatoms. The summed E-state index contributed by atoms with van der Waals surface area (Å²) >= 11 is 6.92. The van der Waals surface area contributed by atoms with Gasteiger partial charge in [0.2, 0.25) is 5.13 Å². The lowest BCUT2D eigenvalue weighted by atomic mass is 10.1. The molecule has 3 heterocycles. The van der Waals surface area contributed by atoms with Gasteiger partial charge < -0.3 is 14.8 Å². The van der Waals surface area contributed by atoms with Crippen LogP contribution in [-0.4, -0.2) is 20.3 Å². The molecule has 0 atom stereocenters. The summed E-state index contributed by atoms with van der Waals surface area (Å²) in [6.45, 7) is 1.35. The number of hydrogen-bond donors (Lipinski definition) is 2. The Bertz CT molecular complexity index is 1350. The quantitative estimate of drug-likeness (QED) is 0.438. The van der Waals surface area contributed by atoms with Crippen molar-refractivity contribution in [1.82, 2.24) is 15.2 Å². The Kier molecular flexibility index (Phi) is 5.42. The summed E-state index contributed by atoms with van der Waals surface area (Å²) in [4.78, 5) is 16.6. The minimum atomic E-state index is -4.53. The van der Waals surface area contributed by atoms with Crippen molar-refractivity contribution in [2.45, 2.75) is 19.7 Å². The molecule has 0 spiro atoms. The largest absolute Gasteiger partial charge is 0.420 e. The molecule has 0 fully saturated rings. The Morgan fingerprint density at radius 3 is 2.74 bits per heavy atom. The number of nitrogens with one attached hydrogen (secondary N) is 1. The number of aryl methyl sites for hydroxylation is 1. The Morgan fingerprint density at radius 1 is 1.26 bits per heavy atom. The average Bonchev–Trinajstić information content (AvgIpc) is 3.17. The zero-order chi connectivity index (χ0) is 22.3. The first-order chi connectivity index (χ1) is 14.7. The maximum absolute atomic E-state index is 13.0. The van der Waals surface area contributed by atoms with E-state index in [1.165, 1.54) is 12.3 Å².